The molecule has 0 fully saturated rings. The Balaban J connectivity index is 1.43. The van der Waals surface area contributed by atoms with Crippen LogP contribution >= 0.6 is 0 Å². The van der Waals surface area contributed by atoms with Crippen molar-refractivity contribution in [3.63, 3.8) is 0 Å². The summed E-state index contributed by atoms with van der Waals surface area (Å²) in [7, 11) is 2.14. The van der Waals surface area contributed by atoms with E-state index in [0.29, 0.717) is 6.54 Å². The lowest BCUT2D eigenvalue weighted by Gasteiger charge is -2.08. The van der Waals surface area contributed by atoms with Gasteiger partial charge in [0.25, 0.3) is 0 Å². The molecular weight excluding hydrogens is 416 g/mol. The molecule has 0 amide bonds. The fourth-order valence-corrected chi connectivity index (χ4v) is 5.32. The van der Waals surface area contributed by atoms with E-state index >= 15 is 0 Å². The molecule has 0 aliphatic carbocycles. The third-order valence-electron chi connectivity index (χ3n) is 6.98. The van der Waals surface area contributed by atoms with Crippen LogP contribution in [0.3, 0.4) is 0 Å². The molecule has 4 heteroatoms. The number of benzene rings is 4. The summed E-state index contributed by atoms with van der Waals surface area (Å²) < 4.78 is 4.63. The highest BCUT2D eigenvalue weighted by Crippen LogP contribution is 2.35. The topological polar surface area (TPSA) is 35.6 Å². The average molecular weight is 439 g/mol. The number of aromatic nitrogens is 4. The summed E-state index contributed by atoms with van der Waals surface area (Å²) in [5.41, 5.74) is 8.42. The molecule has 0 aliphatic heterocycles. The molecule has 0 spiro atoms. The van der Waals surface area contributed by atoms with Crippen LogP contribution in [0.15, 0.2) is 104 Å². The van der Waals surface area contributed by atoms with Gasteiger partial charge in [-0.25, -0.2) is 9.97 Å². The van der Waals surface area contributed by atoms with Gasteiger partial charge in [0, 0.05) is 56.9 Å². The summed E-state index contributed by atoms with van der Waals surface area (Å²) in [6.45, 7) is 0.716. The Hall–Kier alpha value is -4.44. The zero-order valence-electron chi connectivity index (χ0n) is 18.8. The largest absolute Gasteiger partial charge is 0.344 e. The number of hydrogen-bond acceptors (Lipinski definition) is 2. The quantitative estimate of drug-likeness (QED) is 0.299. The second kappa shape index (κ2) is 7.29. The molecule has 4 aromatic carbocycles. The molecule has 4 nitrogen and oxygen atoms in total. The third-order valence-corrected chi connectivity index (χ3v) is 6.98. The summed E-state index contributed by atoms with van der Waals surface area (Å²) in [5.74, 6) is 0. The maximum Gasteiger partial charge on any atom is 0.115 e. The van der Waals surface area contributed by atoms with E-state index in [0.717, 1.165) is 5.69 Å². The van der Waals surface area contributed by atoms with Gasteiger partial charge in [-0.3, -0.25) is 0 Å². The standard InChI is InChI=1S/C30H22N4/c1-33-27-8-4-2-6-23(27)25-16-20(10-12-28(25)33)21-11-13-30-26(17-21)24-7-3-5-9-29(24)34(30)18-22-14-15-31-19-32-22/h2-17,19H,18H2,1H3. The molecule has 0 aliphatic rings. The van der Waals surface area contributed by atoms with Gasteiger partial charge in [0.2, 0.25) is 0 Å². The zero-order chi connectivity index (χ0) is 22.6. The summed E-state index contributed by atoms with van der Waals surface area (Å²) in [6.07, 6.45) is 3.42. The highest BCUT2D eigenvalue weighted by Gasteiger charge is 2.14. The van der Waals surface area contributed by atoms with Gasteiger partial charge < -0.3 is 9.13 Å². The second-order valence-corrected chi connectivity index (χ2v) is 8.84. The van der Waals surface area contributed by atoms with E-state index in [1.54, 1.807) is 12.5 Å². The van der Waals surface area contributed by atoms with E-state index < -0.39 is 0 Å². The monoisotopic (exact) mass is 438 g/mol. The first-order valence-electron chi connectivity index (χ1n) is 11.5. The van der Waals surface area contributed by atoms with Crippen LogP contribution in [0.5, 0.6) is 0 Å². The van der Waals surface area contributed by atoms with Crippen molar-refractivity contribution in [2.45, 2.75) is 6.54 Å². The van der Waals surface area contributed by atoms with Crippen molar-refractivity contribution < 1.29 is 0 Å². The fourth-order valence-electron chi connectivity index (χ4n) is 5.32. The minimum absolute atomic E-state index is 0.716. The first-order valence-corrected chi connectivity index (χ1v) is 11.5. The van der Waals surface area contributed by atoms with E-state index in [1.807, 2.05) is 6.07 Å². The Morgan fingerprint density at radius 2 is 1.21 bits per heavy atom. The highest BCUT2D eigenvalue weighted by molar-refractivity contribution is 6.11. The molecule has 0 saturated heterocycles. The lowest BCUT2D eigenvalue weighted by atomic mass is 10.0. The summed E-state index contributed by atoms with van der Waals surface area (Å²) in [4.78, 5) is 8.52. The van der Waals surface area contributed by atoms with E-state index in [2.05, 4.69) is 111 Å². The first kappa shape index (κ1) is 19.1. The summed E-state index contributed by atoms with van der Waals surface area (Å²) in [5, 5.41) is 5.12. The van der Waals surface area contributed by atoms with Crippen LogP contribution in [-0.4, -0.2) is 19.1 Å². The molecule has 34 heavy (non-hydrogen) atoms. The van der Waals surface area contributed by atoms with Crippen molar-refractivity contribution in [1.82, 2.24) is 19.1 Å². The van der Waals surface area contributed by atoms with Crippen molar-refractivity contribution in [3.8, 4) is 11.1 Å². The number of para-hydroxylation sites is 2. The van der Waals surface area contributed by atoms with Gasteiger partial charge in [-0.05, 0) is 53.6 Å². The molecule has 0 unspecified atom stereocenters. The summed E-state index contributed by atoms with van der Waals surface area (Å²) in [6, 6.07) is 32.9. The third kappa shape index (κ3) is 2.78. The molecule has 7 rings (SSSR count). The SMILES string of the molecule is Cn1c2ccccc2c2cc(-c3ccc4c(c3)c3ccccc3n4Cc3ccncn3)ccc21. The van der Waals surface area contributed by atoms with Crippen molar-refractivity contribution >= 4 is 43.6 Å². The second-order valence-electron chi connectivity index (χ2n) is 8.84. The van der Waals surface area contributed by atoms with Gasteiger partial charge in [0.15, 0.2) is 0 Å². The Morgan fingerprint density at radius 3 is 1.94 bits per heavy atom. The average Bonchev–Trinajstić information content (AvgIpc) is 3.36. The van der Waals surface area contributed by atoms with Crippen LogP contribution in [0.25, 0.3) is 54.7 Å². The number of rotatable bonds is 3. The van der Waals surface area contributed by atoms with Crippen LogP contribution in [0.2, 0.25) is 0 Å². The minimum Gasteiger partial charge on any atom is -0.344 e. The molecule has 162 valence electrons. The Bertz CT molecular complexity index is 1840. The predicted molar refractivity (Wildman–Crippen MR) is 140 cm³/mol. The predicted octanol–water partition coefficient (Wildman–Crippen LogP) is 6.94. The van der Waals surface area contributed by atoms with Crippen molar-refractivity contribution in [2.24, 2.45) is 7.05 Å². The molecule has 0 N–H and O–H groups in total. The van der Waals surface area contributed by atoms with Crippen LogP contribution < -0.4 is 0 Å². The van der Waals surface area contributed by atoms with Crippen molar-refractivity contribution in [1.29, 1.82) is 0 Å². The number of aryl methyl sites for hydroxylation is 1. The normalized spacial score (nSPS) is 11.8. The lowest BCUT2D eigenvalue weighted by molar-refractivity contribution is 0.827. The van der Waals surface area contributed by atoms with Gasteiger partial charge in [-0.15, -0.1) is 0 Å². The maximum absolute atomic E-state index is 4.45. The van der Waals surface area contributed by atoms with E-state index in [9.17, 15) is 0 Å². The van der Waals surface area contributed by atoms with Crippen LogP contribution in [0.1, 0.15) is 5.69 Å². The fraction of sp³-hybridized carbons (Fsp3) is 0.0667. The number of nitrogens with zero attached hydrogens (tertiary/aromatic N) is 4. The van der Waals surface area contributed by atoms with Gasteiger partial charge in [0.1, 0.15) is 6.33 Å². The Morgan fingerprint density at radius 1 is 0.618 bits per heavy atom. The van der Waals surface area contributed by atoms with Crippen molar-refractivity contribution in [2.75, 3.05) is 0 Å². The molecule has 3 heterocycles. The van der Waals surface area contributed by atoms with Gasteiger partial charge in [0.05, 0.1) is 12.2 Å². The molecule has 3 aromatic heterocycles. The molecular formula is C30H22N4. The van der Waals surface area contributed by atoms with E-state index in [4.69, 9.17) is 0 Å². The smallest absolute Gasteiger partial charge is 0.115 e. The van der Waals surface area contributed by atoms with Gasteiger partial charge >= 0.3 is 0 Å². The van der Waals surface area contributed by atoms with E-state index in [-0.39, 0.29) is 0 Å². The zero-order valence-corrected chi connectivity index (χ0v) is 18.8. The van der Waals surface area contributed by atoms with Gasteiger partial charge in [-0.2, -0.15) is 0 Å². The van der Waals surface area contributed by atoms with Crippen LogP contribution in [0.4, 0.5) is 0 Å². The lowest BCUT2D eigenvalue weighted by Crippen LogP contribution is -2.01. The molecule has 0 atom stereocenters. The van der Waals surface area contributed by atoms with E-state index in [1.165, 1.54) is 54.7 Å². The minimum atomic E-state index is 0.716. The van der Waals surface area contributed by atoms with Gasteiger partial charge in [-0.1, -0.05) is 48.5 Å². The molecule has 0 saturated carbocycles. The summed E-state index contributed by atoms with van der Waals surface area (Å²) >= 11 is 0. The van der Waals surface area contributed by atoms with Crippen LogP contribution in [-0.2, 0) is 13.6 Å². The number of fused-ring (bicyclic) bond motifs is 6. The molecule has 0 bridgehead atoms. The molecule has 0 radical (unpaired) electrons. The van der Waals surface area contributed by atoms with Crippen LogP contribution in [0, 0.1) is 0 Å². The first-order chi connectivity index (χ1) is 16.8. The molecule has 7 aromatic rings. The maximum atomic E-state index is 4.45. The Kier molecular flexibility index (Phi) is 4.09. The number of hydrogen-bond donors (Lipinski definition) is 0. The van der Waals surface area contributed by atoms with Crippen molar-refractivity contribution in [3.05, 3.63) is 109 Å². The Labute approximate surface area is 196 Å². The highest BCUT2D eigenvalue weighted by atomic mass is 15.0.